The van der Waals surface area contributed by atoms with Crippen LogP contribution in [0.3, 0.4) is 0 Å². The third-order valence-corrected chi connectivity index (χ3v) is 2.87. The largest absolute Gasteiger partial charge is 0.476 e. The van der Waals surface area contributed by atoms with Crippen molar-refractivity contribution in [2.24, 2.45) is 0 Å². The Morgan fingerprint density at radius 3 is 2.67 bits per heavy atom. The second-order valence-electron chi connectivity index (χ2n) is 4.04. The van der Waals surface area contributed by atoms with Crippen LogP contribution in [0, 0.1) is 0 Å². The van der Waals surface area contributed by atoms with Crippen molar-refractivity contribution in [2.45, 2.75) is 0 Å². The van der Waals surface area contributed by atoms with Crippen LogP contribution in [0.2, 0.25) is 5.15 Å². The van der Waals surface area contributed by atoms with Crippen molar-refractivity contribution < 1.29 is 9.90 Å². The molecule has 0 aliphatic carbocycles. The van der Waals surface area contributed by atoms with Gasteiger partial charge in [0, 0.05) is 12.3 Å². The lowest BCUT2D eigenvalue weighted by Gasteiger charge is -2.05. The SMILES string of the molecule is O=C(O)c1cc(-c2ccccn2)n(-c2cnc(Cl)cn2)n1. The molecular weight excluding hydrogens is 294 g/mol. The van der Waals surface area contributed by atoms with Gasteiger partial charge < -0.3 is 5.11 Å². The first kappa shape index (κ1) is 13.2. The average Bonchev–Trinajstić information content (AvgIpc) is 2.94. The van der Waals surface area contributed by atoms with E-state index in [0.29, 0.717) is 17.2 Å². The van der Waals surface area contributed by atoms with Crippen LogP contribution in [0.25, 0.3) is 17.2 Å². The zero-order chi connectivity index (χ0) is 14.8. The van der Waals surface area contributed by atoms with E-state index in [4.69, 9.17) is 16.7 Å². The molecule has 0 aliphatic heterocycles. The van der Waals surface area contributed by atoms with E-state index < -0.39 is 5.97 Å². The van der Waals surface area contributed by atoms with Gasteiger partial charge in [-0.05, 0) is 12.1 Å². The van der Waals surface area contributed by atoms with Crippen LogP contribution in [-0.2, 0) is 0 Å². The maximum Gasteiger partial charge on any atom is 0.356 e. The summed E-state index contributed by atoms with van der Waals surface area (Å²) in [6, 6.07) is 6.75. The van der Waals surface area contributed by atoms with Crippen molar-refractivity contribution in [3.05, 3.63) is 53.7 Å². The molecular formula is C13H8ClN5O2. The van der Waals surface area contributed by atoms with Gasteiger partial charge in [-0.3, -0.25) is 4.98 Å². The smallest absolute Gasteiger partial charge is 0.356 e. The summed E-state index contributed by atoms with van der Waals surface area (Å²) < 4.78 is 1.37. The number of aromatic nitrogens is 5. The molecule has 0 bridgehead atoms. The fourth-order valence-electron chi connectivity index (χ4n) is 1.77. The molecule has 8 heteroatoms. The van der Waals surface area contributed by atoms with E-state index in [1.54, 1.807) is 24.4 Å². The number of carbonyl (C=O) groups is 1. The van der Waals surface area contributed by atoms with Gasteiger partial charge in [0.05, 0.1) is 23.8 Å². The highest BCUT2D eigenvalue weighted by molar-refractivity contribution is 6.29. The molecule has 1 N–H and O–H groups in total. The first-order valence-corrected chi connectivity index (χ1v) is 6.25. The number of carboxylic acid groups (broad SMARTS) is 1. The summed E-state index contributed by atoms with van der Waals surface area (Å²) in [7, 11) is 0. The summed E-state index contributed by atoms with van der Waals surface area (Å²) in [6.45, 7) is 0. The summed E-state index contributed by atoms with van der Waals surface area (Å²) in [5, 5.41) is 13.4. The molecule has 0 unspecified atom stereocenters. The quantitative estimate of drug-likeness (QED) is 0.796. The van der Waals surface area contributed by atoms with Crippen LogP contribution in [0.15, 0.2) is 42.9 Å². The van der Waals surface area contributed by atoms with Gasteiger partial charge >= 0.3 is 5.97 Å². The second-order valence-corrected chi connectivity index (χ2v) is 4.43. The number of rotatable bonds is 3. The van der Waals surface area contributed by atoms with Gasteiger partial charge in [-0.1, -0.05) is 17.7 Å². The Balaban J connectivity index is 2.19. The summed E-state index contributed by atoms with van der Waals surface area (Å²) >= 11 is 5.70. The van der Waals surface area contributed by atoms with Gasteiger partial charge in [0.15, 0.2) is 11.5 Å². The Kier molecular flexibility index (Phi) is 3.33. The Morgan fingerprint density at radius 2 is 2.05 bits per heavy atom. The van der Waals surface area contributed by atoms with Crippen LogP contribution < -0.4 is 0 Å². The van der Waals surface area contributed by atoms with E-state index >= 15 is 0 Å². The Labute approximate surface area is 123 Å². The highest BCUT2D eigenvalue weighted by Gasteiger charge is 2.17. The molecule has 0 saturated heterocycles. The summed E-state index contributed by atoms with van der Waals surface area (Å²) in [4.78, 5) is 23.3. The van der Waals surface area contributed by atoms with E-state index in [9.17, 15) is 4.79 Å². The van der Waals surface area contributed by atoms with E-state index in [-0.39, 0.29) is 10.8 Å². The molecule has 0 atom stereocenters. The van der Waals surface area contributed by atoms with Gasteiger partial charge in [0.2, 0.25) is 0 Å². The normalized spacial score (nSPS) is 10.5. The number of hydrogen-bond donors (Lipinski definition) is 1. The van der Waals surface area contributed by atoms with Crippen molar-refractivity contribution in [3.63, 3.8) is 0 Å². The molecule has 3 heterocycles. The third kappa shape index (κ3) is 2.59. The monoisotopic (exact) mass is 301 g/mol. The number of hydrogen-bond acceptors (Lipinski definition) is 5. The Morgan fingerprint density at radius 1 is 1.19 bits per heavy atom. The zero-order valence-corrected chi connectivity index (χ0v) is 11.3. The first-order chi connectivity index (χ1) is 10.1. The lowest BCUT2D eigenvalue weighted by molar-refractivity contribution is 0.0690. The Hall–Kier alpha value is -2.80. The number of nitrogens with zero attached hydrogens (tertiary/aromatic N) is 5. The standard InChI is InChI=1S/C13H8ClN5O2/c14-11-6-17-12(7-16-11)19-10(5-9(18-19)13(20)21)8-3-1-2-4-15-8/h1-7H,(H,20,21). The van der Waals surface area contributed by atoms with Gasteiger partial charge in [0.1, 0.15) is 5.15 Å². The molecule has 0 spiro atoms. The van der Waals surface area contributed by atoms with Gasteiger partial charge in [-0.2, -0.15) is 5.10 Å². The minimum atomic E-state index is -1.13. The van der Waals surface area contributed by atoms with Gasteiger partial charge in [-0.15, -0.1) is 0 Å². The number of carboxylic acids is 1. The van der Waals surface area contributed by atoms with Crippen molar-refractivity contribution in [3.8, 4) is 17.2 Å². The molecule has 21 heavy (non-hydrogen) atoms. The van der Waals surface area contributed by atoms with Crippen LogP contribution in [0.5, 0.6) is 0 Å². The second kappa shape index (κ2) is 5.29. The molecule has 0 radical (unpaired) electrons. The summed E-state index contributed by atoms with van der Waals surface area (Å²) in [6.07, 6.45) is 4.38. The molecule has 3 rings (SSSR count). The minimum Gasteiger partial charge on any atom is -0.476 e. The highest BCUT2D eigenvalue weighted by Crippen LogP contribution is 2.21. The van der Waals surface area contributed by atoms with Gasteiger partial charge in [0.25, 0.3) is 0 Å². The molecule has 3 aromatic heterocycles. The first-order valence-electron chi connectivity index (χ1n) is 5.88. The number of pyridine rings is 1. The maximum atomic E-state index is 11.1. The van der Waals surface area contributed by atoms with E-state index in [1.165, 1.54) is 23.1 Å². The predicted octanol–water partition coefficient (Wildman–Crippen LogP) is 2.08. The third-order valence-electron chi connectivity index (χ3n) is 2.68. The molecule has 0 saturated carbocycles. The maximum absolute atomic E-state index is 11.1. The Bertz CT molecular complexity index is 786. The van der Waals surface area contributed by atoms with E-state index in [1.807, 2.05) is 0 Å². The predicted molar refractivity (Wildman–Crippen MR) is 74.4 cm³/mol. The van der Waals surface area contributed by atoms with Crippen molar-refractivity contribution >= 4 is 17.6 Å². The van der Waals surface area contributed by atoms with Crippen molar-refractivity contribution in [1.82, 2.24) is 24.7 Å². The van der Waals surface area contributed by atoms with Crippen LogP contribution in [-0.4, -0.2) is 35.8 Å². The lowest BCUT2D eigenvalue weighted by atomic mass is 10.2. The van der Waals surface area contributed by atoms with Crippen molar-refractivity contribution in [2.75, 3.05) is 0 Å². The topological polar surface area (TPSA) is 93.8 Å². The zero-order valence-electron chi connectivity index (χ0n) is 10.5. The molecule has 0 fully saturated rings. The van der Waals surface area contributed by atoms with Crippen LogP contribution >= 0.6 is 11.6 Å². The molecule has 0 amide bonds. The molecule has 0 aliphatic rings. The lowest BCUT2D eigenvalue weighted by Crippen LogP contribution is -2.05. The molecule has 0 aromatic carbocycles. The van der Waals surface area contributed by atoms with Crippen LogP contribution in [0.1, 0.15) is 10.5 Å². The van der Waals surface area contributed by atoms with Crippen molar-refractivity contribution in [1.29, 1.82) is 0 Å². The number of halogens is 1. The fraction of sp³-hybridized carbons (Fsp3) is 0. The minimum absolute atomic E-state index is 0.104. The highest BCUT2D eigenvalue weighted by atomic mass is 35.5. The van der Waals surface area contributed by atoms with E-state index in [0.717, 1.165) is 0 Å². The van der Waals surface area contributed by atoms with Crippen LogP contribution in [0.4, 0.5) is 0 Å². The molecule has 104 valence electrons. The van der Waals surface area contributed by atoms with Gasteiger partial charge in [-0.25, -0.2) is 19.4 Å². The average molecular weight is 302 g/mol. The van der Waals surface area contributed by atoms with E-state index in [2.05, 4.69) is 20.1 Å². The molecule has 7 nitrogen and oxygen atoms in total. The number of aromatic carboxylic acids is 1. The molecule has 3 aromatic rings. The summed E-state index contributed by atoms with van der Waals surface area (Å²) in [5.74, 6) is -0.777. The summed E-state index contributed by atoms with van der Waals surface area (Å²) in [5.41, 5.74) is 0.978. The fourth-order valence-corrected chi connectivity index (χ4v) is 1.87.